The Kier molecular flexibility index (Phi) is 24.3. The molecule has 4 heteroatoms. The standard InChI is InChI=1S/ClH.H3NO2/c;1-3-2/h1H;2H,1H2. The average Bonchev–Trinajstić information content (AvgIpc) is 0.918. The van der Waals surface area contributed by atoms with Gasteiger partial charge in [0.05, 0.1) is 0 Å². The lowest BCUT2D eigenvalue weighted by Crippen LogP contribution is -1.87. The van der Waals surface area contributed by atoms with Gasteiger partial charge in [-0.25, -0.2) is 5.26 Å². The molecule has 0 aromatic heterocycles. The molecule has 3 N–H and O–H groups in total. The average molecular weight is 85.5 g/mol. The first-order chi connectivity index (χ1) is 1.41. The van der Waals surface area contributed by atoms with Gasteiger partial charge in [0.2, 0.25) is 0 Å². The molecule has 0 aliphatic carbocycles. The first kappa shape index (κ1) is 8.90. The molecule has 0 aliphatic heterocycles. The molecule has 0 spiro atoms. The van der Waals surface area contributed by atoms with Crippen LogP contribution in [0.15, 0.2) is 0 Å². The van der Waals surface area contributed by atoms with Gasteiger partial charge in [-0.1, -0.05) is 0 Å². The predicted octanol–water partition coefficient (Wildman–Crippen LogP) is -0.228. The van der Waals surface area contributed by atoms with Crippen LogP contribution in [0.5, 0.6) is 0 Å². The van der Waals surface area contributed by atoms with Crippen LogP contribution in [-0.4, -0.2) is 5.26 Å². The zero-order chi connectivity index (χ0) is 2.71. The number of rotatable bonds is 0. The van der Waals surface area contributed by atoms with Crippen molar-refractivity contribution < 1.29 is 10.2 Å². The van der Waals surface area contributed by atoms with Crippen LogP contribution < -0.4 is 5.90 Å². The Bertz CT molecular complexity index is 6.00. The van der Waals surface area contributed by atoms with Crippen molar-refractivity contribution in [1.29, 1.82) is 0 Å². The predicted molar refractivity (Wildman–Crippen MR) is 15.1 cm³/mol. The van der Waals surface area contributed by atoms with E-state index in [0.29, 0.717) is 0 Å². The Morgan fingerprint density at radius 2 is 1.75 bits per heavy atom. The molecule has 4 heavy (non-hydrogen) atoms. The second-order valence-electron chi connectivity index (χ2n) is 0.105. The summed E-state index contributed by atoms with van der Waals surface area (Å²) in [6.45, 7) is 0. The van der Waals surface area contributed by atoms with Gasteiger partial charge in [-0.2, -0.15) is 5.90 Å². The summed E-state index contributed by atoms with van der Waals surface area (Å²) in [6.07, 6.45) is 0. The Morgan fingerprint density at radius 3 is 1.75 bits per heavy atom. The lowest BCUT2D eigenvalue weighted by Gasteiger charge is -1.59. The molecule has 3 nitrogen and oxygen atoms in total. The van der Waals surface area contributed by atoms with Gasteiger partial charge >= 0.3 is 0 Å². The third kappa shape index (κ3) is 103. The van der Waals surface area contributed by atoms with Crippen LogP contribution in [0.3, 0.4) is 0 Å². The Hall–Kier alpha value is 0.170. The normalized spacial score (nSPS) is 4.50. The van der Waals surface area contributed by atoms with Crippen molar-refractivity contribution in [1.82, 2.24) is 0 Å². The largest absolute Gasteiger partial charge is 0.233 e. The maximum absolute atomic E-state index is 6.85. The summed E-state index contributed by atoms with van der Waals surface area (Å²) in [4.78, 5) is 2.75. The van der Waals surface area contributed by atoms with Crippen LogP contribution in [0.2, 0.25) is 0 Å². The molecule has 0 aromatic carbocycles. The number of halogens is 1. The highest BCUT2D eigenvalue weighted by Gasteiger charge is 1.24. The van der Waals surface area contributed by atoms with Crippen molar-refractivity contribution in [2.75, 3.05) is 0 Å². The molecule has 0 rings (SSSR count). The molecule has 0 saturated heterocycles. The summed E-state index contributed by atoms with van der Waals surface area (Å²) in [5.41, 5.74) is 0. The van der Waals surface area contributed by atoms with Gasteiger partial charge in [-0.05, 0) is 0 Å². The van der Waals surface area contributed by atoms with Gasteiger partial charge in [0.1, 0.15) is 0 Å². The fourth-order valence-corrected chi connectivity index (χ4v) is 0. The van der Waals surface area contributed by atoms with Crippen LogP contribution >= 0.6 is 12.4 Å². The van der Waals surface area contributed by atoms with E-state index in [4.69, 9.17) is 5.26 Å². The second-order valence-corrected chi connectivity index (χ2v) is 0.105. The first-order valence-corrected chi connectivity index (χ1v) is 0.418. The van der Waals surface area contributed by atoms with Crippen LogP contribution in [0, 0.1) is 0 Å². The summed E-state index contributed by atoms with van der Waals surface area (Å²) in [7, 11) is 0. The van der Waals surface area contributed by atoms with E-state index in [2.05, 4.69) is 10.9 Å². The molecular weight excluding hydrogens is 81.5 g/mol. The third-order valence-electron chi connectivity index (χ3n) is 0. The van der Waals surface area contributed by atoms with Crippen molar-refractivity contribution >= 4 is 12.4 Å². The van der Waals surface area contributed by atoms with E-state index in [0.717, 1.165) is 0 Å². The molecule has 0 unspecified atom stereocenters. The zero-order valence-corrected chi connectivity index (χ0v) is 2.66. The summed E-state index contributed by atoms with van der Waals surface area (Å²) in [6, 6.07) is 0. The van der Waals surface area contributed by atoms with E-state index in [9.17, 15) is 0 Å². The molecule has 0 atom stereocenters. The van der Waals surface area contributed by atoms with Gasteiger partial charge in [-0.15, -0.1) is 17.4 Å². The molecule has 0 saturated carbocycles. The maximum atomic E-state index is 6.85. The third-order valence-corrected chi connectivity index (χ3v) is 0. The minimum atomic E-state index is 0. The second kappa shape index (κ2) is 10.9. The van der Waals surface area contributed by atoms with Crippen LogP contribution in [-0.2, 0) is 4.99 Å². The molecule has 0 bridgehead atoms. The smallest absolute Gasteiger partial charge is 0.147 e. The van der Waals surface area contributed by atoms with Crippen molar-refractivity contribution in [2.24, 2.45) is 5.90 Å². The van der Waals surface area contributed by atoms with E-state index in [1.807, 2.05) is 0 Å². The molecule has 0 radical (unpaired) electrons. The summed E-state index contributed by atoms with van der Waals surface area (Å²) < 4.78 is 0. The highest BCUT2D eigenvalue weighted by atomic mass is 35.5. The zero-order valence-electron chi connectivity index (χ0n) is 1.84. The van der Waals surface area contributed by atoms with Crippen molar-refractivity contribution in [3.8, 4) is 0 Å². The molecule has 0 aliphatic rings. The quantitative estimate of drug-likeness (QED) is 0.316. The number of hydrogen-bond acceptors (Lipinski definition) is 3. The minimum absolute atomic E-state index is 0. The number of hydrogen-bond donors (Lipinski definition) is 2. The van der Waals surface area contributed by atoms with Crippen LogP contribution in [0.4, 0.5) is 0 Å². The SMILES string of the molecule is Cl.NOO. The maximum Gasteiger partial charge on any atom is -0.147 e. The van der Waals surface area contributed by atoms with Gasteiger partial charge in [0.25, 0.3) is 0 Å². The Balaban J connectivity index is 0. The fourth-order valence-electron chi connectivity index (χ4n) is 0. The molecule has 0 amide bonds. The van der Waals surface area contributed by atoms with Crippen molar-refractivity contribution in [3.63, 3.8) is 0 Å². The summed E-state index contributed by atoms with van der Waals surface area (Å²) in [5, 5.41) is 6.85. The molecule has 0 fully saturated rings. The van der Waals surface area contributed by atoms with E-state index < -0.39 is 0 Å². The van der Waals surface area contributed by atoms with Crippen LogP contribution in [0.25, 0.3) is 0 Å². The first-order valence-electron chi connectivity index (χ1n) is 0.418. The van der Waals surface area contributed by atoms with Crippen LogP contribution in [0.1, 0.15) is 0 Å². The summed E-state index contributed by atoms with van der Waals surface area (Å²) in [5.74, 6) is 3.90. The minimum Gasteiger partial charge on any atom is -0.233 e. The molecule has 0 aromatic rings. The molecule has 0 heterocycles. The fraction of sp³-hybridized carbons (Fsp3) is 0. The molecular formula is H4ClNO2. The summed E-state index contributed by atoms with van der Waals surface area (Å²) >= 11 is 0. The highest BCUT2D eigenvalue weighted by Crippen LogP contribution is 1.11. The Labute approximate surface area is 29.7 Å². The lowest BCUT2D eigenvalue weighted by atomic mass is 13.5. The van der Waals surface area contributed by atoms with Gasteiger partial charge in [0.15, 0.2) is 0 Å². The van der Waals surface area contributed by atoms with Gasteiger partial charge in [0, 0.05) is 0 Å². The number of nitrogens with two attached hydrogens (primary N) is 1. The van der Waals surface area contributed by atoms with Crippen molar-refractivity contribution in [3.05, 3.63) is 0 Å². The van der Waals surface area contributed by atoms with E-state index >= 15 is 0 Å². The van der Waals surface area contributed by atoms with E-state index in [1.54, 1.807) is 0 Å². The van der Waals surface area contributed by atoms with E-state index in [-0.39, 0.29) is 12.4 Å². The van der Waals surface area contributed by atoms with Gasteiger partial charge in [-0.3, -0.25) is 0 Å². The van der Waals surface area contributed by atoms with Gasteiger partial charge < -0.3 is 0 Å². The monoisotopic (exact) mass is 85.0 g/mol. The van der Waals surface area contributed by atoms with Crippen molar-refractivity contribution in [2.45, 2.75) is 0 Å². The lowest BCUT2D eigenvalue weighted by molar-refractivity contribution is -0.247. The highest BCUT2D eigenvalue weighted by molar-refractivity contribution is 5.85. The Morgan fingerprint density at radius 1 is 1.75 bits per heavy atom. The van der Waals surface area contributed by atoms with E-state index in [1.165, 1.54) is 0 Å². The molecule has 28 valence electrons. The topological polar surface area (TPSA) is 55.5 Å².